The lowest BCUT2D eigenvalue weighted by Gasteiger charge is -2.30. The molecule has 2 N–H and O–H groups in total. The minimum atomic E-state index is -4.56. The number of hydrogen-bond acceptors (Lipinski definition) is 6. The van der Waals surface area contributed by atoms with Crippen molar-refractivity contribution in [1.29, 1.82) is 0 Å². The van der Waals surface area contributed by atoms with Crippen LogP contribution in [0.15, 0.2) is 24.3 Å². The fraction of sp³-hybridized carbons (Fsp3) is 0.911. The van der Waals surface area contributed by atoms with E-state index in [-0.39, 0.29) is 19.1 Å². The van der Waals surface area contributed by atoms with E-state index in [1.807, 2.05) is 21.1 Å². The maximum Gasteiger partial charge on any atom is 0.268 e. The first kappa shape index (κ1) is 64.0. The first-order valence-corrected chi connectivity index (χ1v) is 29.6. The van der Waals surface area contributed by atoms with Gasteiger partial charge >= 0.3 is 0 Å². The molecule has 0 heterocycles. The van der Waals surface area contributed by atoms with Crippen LogP contribution in [0.3, 0.4) is 0 Å². The molecule has 3 atom stereocenters. The zero-order chi connectivity index (χ0) is 47.8. The first-order valence-electron chi connectivity index (χ1n) is 28.2. The summed E-state index contributed by atoms with van der Waals surface area (Å²) in [4.78, 5) is 25.3. The van der Waals surface area contributed by atoms with Crippen LogP contribution in [0.2, 0.25) is 0 Å². The van der Waals surface area contributed by atoms with E-state index in [2.05, 4.69) is 43.5 Å². The van der Waals surface area contributed by atoms with Crippen LogP contribution >= 0.6 is 7.82 Å². The number of carbonyl (C=O) groups excluding carboxylic acids is 1. The number of phosphoric ester groups is 1. The average molecular weight is 939 g/mol. The van der Waals surface area contributed by atoms with Crippen LogP contribution in [-0.2, 0) is 18.4 Å². The van der Waals surface area contributed by atoms with Gasteiger partial charge in [-0.1, -0.05) is 250 Å². The second-order valence-electron chi connectivity index (χ2n) is 20.6. The van der Waals surface area contributed by atoms with Gasteiger partial charge in [0.15, 0.2) is 0 Å². The third kappa shape index (κ3) is 50.7. The van der Waals surface area contributed by atoms with Gasteiger partial charge < -0.3 is 28.8 Å². The Morgan fingerprint density at radius 1 is 0.538 bits per heavy atom. The van der Waals surface area contributed by atoms with Gasteiger partial charge in [-0.15, -0.1) is 0 Å². The van der Waals surface area contributed by atoms with Gasteiger partial charge in [0.1, 0.15) is 13.2 Å². The number of aliphatic hydroxyl groups is 1. The van der Waals surface area contributed by atoms with Crippen LogP contribution in [0.5, 0.6) is 0 Å². The minimum Gasteiger partial charge on any atom is -0.756 e. The molecule has 0 bridgehead atoms. The zero-order valence-electron chi connectivity index (χ0n) is 44.0. The van der Waals surface area contributed by atoms with Crippen molar-refractivity contribution < 1.29 is 32.9 Å². The average Bonchev–Trinajstić information content (AvgIpc) is 3.26. The Balaban J connectivity index is 3.81. The molecule has 386 valence electrons. The lowest BCUT2D eigenvalue weighted by molar-refractivity contribution is -0.870. The van der Waals surface area contributed by atoms with Gasteiger partial charge in [0.05, 0.1) is 39.9 Å². The Hall–Kier alpha value is -1.02. The van der Waals surface area contributed by atoms with E-state index in [4.69, 9.17) is 9.05 Å². The minimum absolute atomic E-state index is 0.0142. The second-order valence-corrected chi connectivity index (χ2v) is 22.1. The summed E-state index contributed by atoms with van der Waals surface area (Å²) in [7, 11) is 1.31. The second kappa shape index (κ2) is 48.0. The van der Waals surface area contributed by atoms with Crippen molar-refractivity contribution in [3.63, 3.8) is 0 Å². The number of carbonyl (C=O) groups is 1. The summed E-state index contributed by atoms with van der Waals surface area (Å²) in [5.74, 6) is -0.163. The molecule has 0 rings (SSSR count). The summed E-state index contributed by atoms with van der Waals surface area (Å²) in [5.41, 5.74) is 0. The maximum absolute atomic E-state index is 12.9. The lowest BCUT2D eigenvalue weighted by Crippen LogP contribution is -2.46. The number of nitrogens with one attached hydrogen (secondary N) is 1. The summed E-state index contributed by atoms with van der Waals surface area (Å²) < 4.78 is 23.2. The standard InChI is InChI=1S/C56H111N2O6P/c1-6-8-10-12-14-16-17-18-19-20-21-22-23-24-25-26-27-28-29-30-31-32-33-34-35-36-37-38-39-40-41-42-44-46-48-50-56(60)57-54(53-64-65(61,62)63-52-51-58(3,4)5)55(59)49-47-45-43-15-13-11-9-7-2/h17-18,20-21,54-55,59H,6-16,19,22-53H2,1-5H3,(H-,57,60,61,62)/b18-17-,21-20-. The summed E-state index contributed by atoms with van der Waals surface area (Å²) in [6, 6.07) is -0.794. The van der Waals surface area contributed by atoms with Crippen LogP contribution in [0.4, 0.5) is 0 Å². The predicted molar refractivity (Wildman–Crippen MR) is 279 cm³/mol. The topological polar surface area (TPSA) is 108 Å². The monoisotopic (exact) mass is 939 g/mol. The summed E-state index contributed by atoms with van der Waals surface area (Å²) in [6.07, 6.45) is 59.6. The molecule has 0 saturated carbocycles. The largest absolute Gasteiger partial charge is 0.756 e. The third-order valence-electron chi connectivity index (χ3n) is 12.9. The molecule has 1 amide bonds. The summed E-state index contributed by atoms with van der Waals surface area (Å²) in [5, 5.41) is 13.9. The number of nitrogens with zero attached hydrogens (tertiary/aromatic N) is 1. The summed E-state index contributed by atoms with van der Waals surface area (Å²) >= 11 is 0. The van der Waals surface area contributed by atoms with E-state index in [1.165, 1.54) is 205 Å². The van der Waals surface area contributed by atoms with Gasteiger partial charge in [0.2, 0.25) is 5.91 Å². The number of quaternary nitrogens is 1. The van der Waals surface area contributed by atoms with E-state index in [1.54, 1.807) is 0 Å². The van der Waals surface area contributed by atoms with Crippen LogP contribution < -0.4 is 10.2 Å². The van der Waals surface area contributed by atoms with Gasteiger partial charge in [-0.25, -0.2) is 0 Å². The molecule has 0 aliphatic rings. The number of allylic oxidation sites excluding steroid dienone is 4. The Labute approximate surface area is 404 Å². The molecule has 0 aromatic rings. The van der Waals surface area contributed by atoms with Crippen LogP contribution in [0.25, 0.3) is 0 Å². The van der Waals surface area contributed by atoms with Crippen molar-refractivity contribution in [1.82, 2.24) is 5.32 Å². The Morgan fingerprint density at radius 3 is 1.28 bits per heavy atom. The van der Waals surface area contributed by atoms with Gasteiger partial charge in [0.25, 0.3) is 7.82 Å². The lowest BCUT2D eigenvalue weighted by atomic mass is 10.0. The van der Waals surface area contributed by atoms with E-state index in [9.17, 15) is 19.4 Å². The van der Waals surface area contributed by atoms with E-state index < -0.39 is 20.0 Å². The van der Waals surface area contributed by atoms with Crippen LogP contribution in [0, 0.1) is 0 Å². The molecule has 0 aromatic carbocycles. The van der Waals surface area contributed by atoms with Crippen LogP contribution in [0.1, 0.15) is 277 Å². The number of unbranched alkanes of at least 4 members (excludes halogenated alkanes) is 35. The van der Waals surface area contributed by atoms with Crippen molar-refractivity contribution in [2.24, 2.45) is 0 Å². The smallest absolute Gasteiger partial charge is 0.268 e. The molecule has 0 fully saturated rings. The zero-order valence-corrected chi connectivity index (χ0v) is 44.9. The highest BCUT2D eigenvalue weighted by Crippen LogP contribution is 2.38. The Bertz CT molecular complexity index is 1110. The molecular weight excluding hydrogens is 828 g/mol. The Kier molecular flexibility index (Phi) is 47.3. The van der Waals surface area contributed by atoms with Crippen molar-refractivity contribution in [3.8, 4) is 0 Å². The van der Waals surface area contributed by atoms with Gasteiger partial charge in [0, 0.05) is 6.42 Å². The molecule has 0 aliphatic carbocycles. The van der Waals surface area contributed by atoms with Gasteiger partial charge in [-0.3, -0.25) is 9.36 Å². The van der Waals surface area contributed by atoms with E-state index in [0.717, 1.165) is 44.9 Å². The normalized spacial score (nSPS) is 14.1. The van der Waals surface area contributed by atoms with E-state index in [0.29, 0.717) is 23.9 Å². The number of aliphatic hydroxyl groups excluding tert-OH is 1. The quantitative estimate of drug-likeness (QED) is 0.0272. The van der Waals surface area contributed by atoms with Crippen LogP contribution in [-0.4, -0.2) is 68.5 Å². The van der Waals surface area contributed by atoms with Crippen molar-refractivity contribution in [3.05, 3.63) is 24.3 Å². The van der Waals surface area contributed by atoms with E-state index >= 15 is 0 Å². The fourth-order valence-corrected chi connectivity index (χ4v) is 9.21. The van der Waals surface area contributed by atoms with Crippen molar-refractivity contribution in [2.45, 2.75) is 289 Å². The molecular formula is C56H111N2O6P. The molecule has 0 spiro atoms. The number of rotatable bonds is 52. The SMILES string of the molecule is CCCCCCC/C=C\C/C=C\CCCCCCCCCCCCCCCCCCCCCCCCCC(=O)NC(COP(=O)([O-])OCC[N+](C)(C)C)C(O)CCCCCCCCCC. The highest BCUT2D eigenvalue weighted by molar-refractivity contribution is 7.45. The van der Waals surface area contributed by atoms with Crippen molar-refractivity contribution in [2.75, 3.05) is 40.9 Å². The molecule has 0 radical (unpaired) electrons. The summed E-state index contributed by atoms with van der Waals surface area (Å²) in [6.45, 7) is 4.69. The number of hydrogen-bond donors (Lipinski definition) is 2. The molecule has 0 saturated heterocycles. The molecule has 65 heavy (non-hydrogen) atoms. The Morgan fingerprint density at radius 2 is 0.892 bits per heavy atom. The van der Waals surface area contributed by atoms with Crippen molar-refractivity contribution >= 4 is 13.7 Å². The molecule has 9 heteroatoms. The molecule has 0 aromatic heterocycles. The first-order chi connectivity index (χ1) is 31.5. The van der Waals surface area contributed by atoms with Gasteiger partial charge in [-0.05, 0) is 44.9 Å². The third-order valence-corrected chi connectivity index (χ3v) is 13.9. The fourth-order valence-electron chi connectivity index (χ4n) is 8.48. The number of likely N-dealkylation sites (N-methyl/N-ethyl adjacent to an activating group) is 1. The highest BCUT2D eigenvalue weighted by Gasteiger charge is 2.24. The number of phosphoric acid groups is 1. The molecule has 3 unspecified atom stereocenters. The highest BCUT2D eigenvalue weighted by atomic mass is 31.2. The van der Waals surface area contributed by atoms with Gasteiger partial charge in [-0.2, -0.15) is 0 Å². The molecule has 0 aliphatic heterocycles. The predicted octanol–water partition coefficient (Wildman–Crippen LogP) is 16.2. The number of amides is 1. The molecule has 8 nitrogen and oxygen atoms in total. The maximum atomic E-state index is 12.9.